The molecule has 0 radical (unpaired) electrons. The van der Waals surface area contributed by atoms with Crippen LogP contribution in [0.3, 0.4) is 0 Å². The Morgan fingerprint density at radius 2 is 2.03 bits per heavy atom. The number of pyridine rings is 1. The molecule has 3 aromatic heterocycles. The third kappa shape index (κ3) is 4.44. The number of aliphatic hydroxyl groups is 1. The molecule has 0 spiro atoms. The van der Waals surface area contributed by atoms with Crippen molar-refractivity contribution in [3.63, 3.8) is 0 Å². The number of nitrogens with one attached hydrogen (secondary N) is 3. The van der Waals surface area contributed by atoms with Crippen LogP contribution in [0, 0.1) is 0 Å². The first kappa shape index (κ1) is 24.3. The summed E-state index contributed by atoms with van der Waals surface area (Å²) < 4.78 is 8.97. The highest BCUT2D eigenvalue weighted by Crippen LogP contribution is 2.36. The molecule has 2 fully saturated rings. The maximum atomic E-state index is 13.4. The molecule has 0 bridgehead atoms. The van der Waals surface area contributed by atoms with Crippen LogP contribution in [0.4, 0.5) is 17.3 Å². The molecule has 0 saturated heterocycles. The minimum Gasteiger partial charge on any atom is -0.391 e. The highest BCUT2D eigenvalue weighted by atomic mass is 16.5. The lowest BCUT2D eigenvalue weighted by Crippen LogP contribution is -2.50. The van der Waals surface area contributed by atoms with Crippen LogP contribution in [0.15, 0.2) is 35.4 Å². The number of ether oxygens (including phenoxy) is 1. The van der Waals surface area contributed by atoms with E-state index in [1.165, 1.54) is 10.7 Å². The summed E-state index contributed by atoms with van der Waals surface area (Å²) >= 11 is 0. The number of aliphatic hydroxyl groups excluding tert-OH is 1. The molecular formula is C25H33N7O4. The highest BCUT2D eigenvalue weighted by molar-refractivity contribution is 6.00. The van der Waals surface area contributed by atoms with Crippen molar-refractivity contribution >= 4 is 28.9 Å². The first-order chi connectivity index (χ1) is 17.3. The van der Waals surface area contributed by atoms with Gasteiger partial charge in [-0.1, -0.05) is 0 Å². The van der Waals surface area contributed by atoms with E-state index in [1.54, 1.807) is 30.9 Å². The first-order valence-electron chi connectivity index (χ1n) is 12.4. The molecule has 3 aromatic rings. The summed E-state index contributed by atoms with van der Waals surface area (Å²) in [5.41, 5.74) is 0.785. The number of amides is 1. The van der Waals surface area contributed by atoms with Crippen molar-refractivity contribution in [1.29, 1.82) is 0 Å². The van der Waals surface area contributed by atoms with E-state index in [-0.39, 0.29) is 29.2 Å². The Balaban J connectivity index is 1.42. The van der Waals surface area contributed by atoms with E-state index in [9.17, 15) is 14.7 Å². The quantitative estimate of drug-likeness (QED) is 0.393. The molecule has 0 aliphatic heterocycles. The van der Waals surface area contributed by atoms with Gasteiger partial charge in [-0.2, -0.15) is 9.61 Å². The monoisotopic (exact) mass is 495 g/mol. The Bertz CT molecular complexity index is 1330. The zero-order chi connectivity index (χ0) is 25.4. The molecule has 4 N–H and O–H groups in total. The normalized spacial score (nSPS) is 25.8. The standard InChI is InChI=1S/C25H33N7O4/c1-25(36-3)10-8-15(9-11-25)31-12-4-5-18(24(31)35)28-20-13-21(26-2)32-22(30-20)16(14-27-32)23(34)29-17-6-7-19(17)33/h4-5,12-15,17,19,26,33H,6-11H2,1-3H3,(H,28,30)(H,29,34)/t15-,17?,19?,25-. The third-order valence-corrected chi connectivity index (χ3v) is 7.66. The zero-order valence-electron chi connectivity index (χ0n) is 20.8. The molecule has 2 aliphatic rings. The Kier molecular flexibility index (Phi) is 6.44. The van der Waals surface area contributed by atoms with E-state index in [2.05, 4.69) is 33.0 Å². The minimum absolute atomic E-state index is 0.109. The minimum atomic E-state index is -0.526. The van der Waals surface area contributed by atoms with Crippen LogP contribution in [0.5, 0.6) is 0 Å². The van der Waals surface area contributed by atoms with Gasteiger partial charge < -0.3 is 30.4 Å². The van der Waals surface area contributed by atoms with Crippen LogP contribution in [0.25, 0.3) is 5.65 Å². The van der Waals surface area contributed by atoms with Gasteiger partial charge in [0.1, 0.15) is 22.9 Å². The summed E-state index contributed by atoms with van der Waals surface area (Å²) in [7, 11) is 3.49. The predicted molar refractivity (Wildman–Crippen MR) is 136 cm³/mol. The lowest BCUT2D eigenvalue weighted by atomic mass is 9.83. The average molecular weight is 496 g/mol. The van der Waals surface area contributed by atoms with Crippen LogP contribution in [-0.4, -0.2) is 62.1 Å². The summed E-state index contributed by atoms with van der Waals surface area (Å²) in [6.07, 6.45) is 7.70. The predicted octanol–water partition coefficient (Wildman–Crippen LogP) is 2.45. The van der Waals surface area contributed by atoms with E-state index >= 15 is 0 Å². The van der Waals surface area contributed by atoms with Crippen molar-refractivity contribution in [2.75, 3.05) is 24.8 Å². The number of hydrogen-bond acceptors (Lipinski definition) is 8. The first-order valence-corrected chi connectivity index (χ1v) is 12.4. The number of methoxy groups -OCH3 is 1. The van der Waals surface area contributed by atoms with Crippen LogP contribution in [0.1, 0.15) is 61.8 Å². The Labute approximate surface area is 208 Å². The van der Waals surface area contributed by atoms with Gasteiger partial charge in [-0.25, -0.2) is 4.98 Å². The van der Waals surface area contributed by atoms with E-state index in [4.69, 9.17) is 4.74 Å². The second-order valence-corrected chi connectivity index (χ2v) is 9.94. The lowest BCUT2D eigenvalue weighted by Gasteiger charge is -2.36. The average Bonchev–Trinajstić information content (AvgIpc) is 3.32. The Morgan fingerprint density at radius 3 is 2.67 bits per heavy atom. The van der Waals surface area contributed by atoms with Gasteiger partial charge in [-0.3, -0.25) is 9.59 Å². The van der Waals surface area contributed by atoms with Gasteiger partial charge in [-0.15, -0.1) is 0 Å². The fourth-order valence-corrected chi connectivity index (χ4v) is 4.99. The fraction of sp³-hybridized carbons (Fsp3) is 0.520. The van der Waals surface area contributed by atoms with E-state index in [1.807, 2.05) is 12.3 Å². The number of anilines is 3. The number of hydrogen-bond donors (Lipinski definition) is 4. The maximum absolute atomic E-state index is 13.4. The van der Waals surface area contributed by atoms with Crippen molar-refractivity contribution in [2.24, 2.45) is 0 Å². The second kappa shape index (κ2) is 9.55. The van der Waals surface area contributed by atoms with Crippen LogP contribution < -0.4 is 21.5 Å². The molecule has 11 heteroatoms. The SMILES string of the molecule is CNc1cc(Nc2cccn([C@H]3CC[C@](C)(OC)CC3)c2=O)nc2c(C(=O)NC3CCC3O)cnn12. The van der Waals surface area contributed by atoms with E-state index in [0.29, 0.717) is 35.0 Å². The molecule has 2 atom stereocenters. The van der Waals surface area contributed by atoms with Gasteiger partial charge >= 0.3 is 0 Å². The Morgan fingerprint density at radius 1 is 1.25 bits per heavy atom. The van der Waals surface area contributed by atoms with Crippen molar-refractivity contribution in [3.8, 4) is 0 Å². The summed E-state index contributed by atoms with van der Waals surface area (Å²) in [6.45, 7) is 2.12. The number of carbonyl (C=O) groups is 1. The zero-order valence-corrected chi connectivity index (χ0v) is 20.8. The summed E-state index contributed by atoms with van der Waals surface area (Å²) in [4.78, 5) is 30.8. The fourth-order valence-electron chi connectivity index (χ4n) is 4.99. The molecule has 3 heterocycles. The topological polar surface area (TPSA) is 135 Å². The maximum Gasteiger partial charge on any atom is 0.274 e. The number of nitrogens with zero attached hydrogens (tertiary/aromatic N) is 4. The Hall–Kier alpha value is -3.44. The van der Waals surface area contributed by atoms with E-state index < -0.39 is 6.10 Å². The smallest absolute Gasteiger partial charge is 0.274 e. The van der Waals surface area contributed by atoms with Crippen molar-refractivity contribution in [3.05, 3.63) is 46.5 Å². The van der Waals surface area contributed by atoms with Gasteiger partial charge in [0.2, 0.25) is 0 Å². The molecule has 0 aromatic carbocycles. The van der Waals surface area contributed by atoms with Crippen LogP contribution in [0.2, 0.25) is 0 Å². The van der Waals surface area contributed by atoms with Gasteiger partial charge in [0.25, 0.3) is 11.5 Å². The van der Waals surface area contributed by atoms with Crippen LogP contribution >= 0.6 is 0 Å². The lowest BCUT2D eigenvalue weighted by molar-refractivity contribution is -0.0324. The van der Waals surface area contributed by atoms with Gasteiger partial charge in [-0.05, 0) is 57.6 Å². The number of aromatic nitrogens is 4. The largest absolute Gasteiger partial charge is 0.391 e. The van der Waals surface area contributed by atoms with Crippen molar-refractivity contribution < 1.29 is 14.6 Å². The number of carbonyl (C=O) groups excluding carboxylic acids is 1. The molecule has 192 valence electrons. The summed E-state index contributed by atoms with van der Waals surface area (Å²) in [5, 5.41) is 23.2. The number of fused-ring (bicyclic) bond motifs is 1. The summed E-state index contributed by atoms with van der Waals surface area (Å²) in [6, 6.07) is 5.17. The second-order valence-electron chi connectivity index (χ2n) is 9.94. The molecule has 5 rings (SSSR count). The molecule has 1 amide bonds. The molecule has 11 nitrogen and oxygen atoms in total. The van der Waals surface area contributed by atoms with Crippen molar-refractivity contribution in [2.45, 2.75) is 69.2 Å². The highest BCUT2D eigenvalue weighted by Gasteiger charge is 2.33. The van der Waals surface area contributed by atoms with Gasteiger partial charge in [0.05, 0.1) is 23.9 Å². The molecule has 2 unspecified atom stereocenters. The molecular weight excluding hydrogens is 462 g/mol. The molecule has 2 saturated carbocycles. The third-order valence-electron chi connectivity index (χ3n) is 7.66. The summed E-state index contributed by atoms with van der Waals surface area (Å²) in [5.74, 6) is 0.672. The van der Waals surface area contributed by atoms with Crippen molar-refractivity contribution in [1.82, 2.24) is 24.5 Å². The van der Waals surface area contributed by atoms with Gasteiger partial charge in [0, 0.05) is 32.5 Å². The molecule has 2 aliphatic carbocycles. The van der Waals surface area contributed by atoms with E-state index in [0.717, 1.165) is 32.1 Å². The molecule has 36 heavy (non-hydrogen) atoms. The van der Waals surface area contributed by atoms with Gasteiger partial charge in [0.15, 0.2) is 5.65 Å². The number of rotatable bonds is 7. The van der Waals surface area contributed by atoms with Crippen LogP contribution in [-0.2, 0) is 4.74 Å².